The molecule has 0 aliphatic heterocycles. The largest absolute Gasteiger partial charge is 0.289 e. The van der Waals surface area contributed by atoms with Crippen LogP contribution in [0.25, 0.3) is 0 Å². The lowest BCUT2D eigenvalue weighted by Gasteiger charge is -1.99. The Hall–Kier alpha value is -0.890. The molecule has 1 atom stereocenters. The van der Waals surface area contributed by atoms with Gasteiger partial charge in [0.15, 0.2) is 0 Å². The van der Waals surface area contributed by atoms with E-state index in [1.54, 1.807) is 24.3 Å². The molecule has 1 aromatic carbocycles. The molecule has 0 aromatic heterocycles. The molecule has 0 aliphatic carbocycles. The van der Waals surface area contributed by atoms with Crippen LogP contribution < -0.4 is 0 Å². The average Bonchev–Trinajstić information content (AvgIpc) is 2.04. The van der Waals surface area contributed by atoms with Gasteiger partial charge >= 0.3 is 0 Å². The standard InChI is InChI=1S/C9H8ClFO/c1-6-2-4-7(5-3-6)8(12)9(10)11/h2-5,9H,1H3. The van der Waals surface area contributed by atoms with E-state index in [4.69, 9.17) is 11.6 Å². The number of rotatable bonds is 2. The highest BCUT2D eigenvalue weighted by Crippen LogP contribution is 2.10. The predicted molar refractivity (Wildman–Crippen MR) is 46.3 cm³/mol. The first kappa shape index (κ1) is 9.20. The molecule has 0 bridgehead atoms. The molecule has 1 nitrogen and oxygen atoms in total. The molecular weight excluding hydrogens is 179 g/mol. The summed E-state index contributed by atoms with van der Waals surface area (Å²) in [6, 6.07) is 6.61. The van der Waals surface area contributed by atoms with Gasteiger partial charge in [-0.2, -0.15) is 0 Å². The maximum absolute atomic E-state index is 12.3. The number of hydrogen-bond acceptors (Lipinski definition) is 1. The highest BCUT2D eigenvalue weighted by atomic mass is 35.5. The van der Waals surface area contributed by atoms with Gasteiger partial charge in [0, 0.05) is 5.56 Å². The zero-order valence-electron chi connectivity index (χ0n) is 6.55. The Labute approximate surface area is 75.2 Å². The third kappa shape index (κ3) is 2.05. The molecule has 0 fully saturated rings. The Morgan fingerprint density at radius 3 is 2.33 bits per heavy atom. The number of alkyl halides is 2. The first-order valence-corrected chi connectivity index (χ1v) is 3.94. The van der Waals surface area contributed by atoms with Crippen LogP contribution in [0.5, 0.6) is 0 Å². The summed E-state index contributed by atoms with van der Waals surface area (Å²) in [7, 11) is 0. The van der Waals surface area contributed by atoms with Crippen molar-refractivity contribution < 1.29 is 9.18 Å². The summed E-state index contributed by atoms with van der Waals surface area (Å²) < 4.78 is 12.3. The van der Waals surface area contributed by atoms with Crippen LogP contribution >= 0.6 is 11.6 Å². The van der Waals surface area contributed by atoms with E-state index in [-0.39, 0.29) is 0 Å². The minimum Gasteiger partial charge on any atom is -0.289 e. The lowest BCUT2D eigenvalue weighted by atomic mass is 10.1. The van der Waals surface area contributed by atoms with Gasteiger partial charge in [0.25, 0.3) is 0 Å². The Kier molecular flexibility index (Phi) is 2.82. The van der Waals surface area contributed by atoms with Gasteiger partial charge in [0.2, 0.25) is 11.4 Å². The fraction of sp³-hybridized carbons (Fsp3) is 0.222. The lowest BCUT2D eigenvalue weighted by molar-refractivity contribution is 0.0934. The Morgan fingerprint density at radius 1 is 1.42 bits per heavy atom. The maximum atomic E-state index is 12.3. The lowest BCUT2D eigenvalue weighted by Crippen LogP contribution is -2.08. The van der Waals surface area contributed by atoms with Crippen LogP contribution in [0.2, 0.25) is 0 Å². The number of ketones is 1. The molecule has 0 radical (unpaired) electrons. The SMILES string of the molecule is Cc1ccc(C(=O)C(F)Cl)cc1. The van der Waals surface area contributed by atoms with Gasteiger partial charge in [0.1, 0.15) is 0 Å². The van der Waals surface area contributed by atoms with E-state index in [0.717, 1.165) is 5.56 Å². The molecule has 0 spiro atoms. The number of carbonyl (C=O) groups is 1. The Bertz CT molecular complexity index is 279. The van der Waals surface area contributed by atoms with E-state index >= 15 is 0 Å². The van der Waals surface area contributed by atoms with E-state index in [0.29, 0.717) is 5.56 Å². The summed E-state index contributed by atoms with van der Waals surface area (Å²) in [4.78, 5) is 10.9. The molecule has 12 heavy (non-hydrogen) atoms. The van der Waals surface area contributed by atoms with Crippen LogP contribution in [0.3, 0.4) is 0 Å². The fourth-order valence-corrected chi connectivity index (χ4v) is 0.970. The first-order valence-electron chi connectivity index (χ1n) is 3.50. The summed E-state index contributed by atoms with van der Waals surface area (Å²) in [6.45, 7) is 1.89. The Balaban J connectivity index is 2.90. The molecule has 0 amide bonds. The topological polar surface area (TPSA) is 17.1 Å². The van der Waals surface area contributed by atoms with E-state index in [1.165, 1.54) is 0 Å². The molecule has 0 heterocycles. The predicted octanol–water partition coefficient (Wildman–Crippen LogP) is 2.71. The maximum Gasteiger partial charge on any atom is 0.235 e. The van der Waals surface area contributed by atoms with Crippen LogP contribution in [0, 0.1) is 6.92 Å². The second kappa shape index (κ2) is 3.68. The molecule has 3 heteroatoms. The van der Waals surface area contributed by atoms with Crippen molar-refractivity contribution >= 4 is 17.4 Å². The number of hydrogen-bond donors (Lipinski definition) is 0. The highest BCUT2D eigenvalue weighted by molar-refractivity contribution is 6.32. The Morgan fingerprint density at radius 2 is 1.92 bits per heavy atom. The summed E-state index contributed by atoms with van der Waals surface area (Å²) in [5, 5.41) is 0. The summed E-state index contributed by atoms with van der Waals surface area (Å²) in [6.07, 6.45) is 0. The molecule has 1 aromatic rings. The minimum atomic E-state index is -1.94. The number of aryl methyl sites for hydroxylation is 1. The monoisotopic (exact) mass is 186 g/mol. The van der Waals surface area contributed by atoms with Gasteiger partial charge in [-0.15, -0.1) is 0 Å². The number of benzene rings is 1. The van der Waals surface area contributed by atoms with Crippen molar-refractivity contribution in [3.05, 3.63) is 35.4 Å². The molecular formula is C9H8ClFO. The summed E-state index contributed by atoms with van der Waals surface area (Å²) in [5.74, 6) is -0.684. The van der Waals surface area contributed by atoms with Crippen molar-refractivity contribution in [2.45, 2.75) is 12.6 Å². The molecule has 1 rings (SSSR count). The molecule has 0 N–H and O–H groups in total. The van der Waals surface area contributed by atoms with Gasteiger partial charge < -0.3 is 0 Å². The van der Waals surface area contributed by atoms with E-state index in [2.05, 4.69) is 0 Å². The van der Waals surface area contributed by atoms with Gasteiger partial charge in [-0.3, -0.25) is 4.79 Å². The van der Waals surface area contributed by atoms with E-state index < -0.39 is 11.4 Å². The van der Waals surface area contributed by atoms with Crippen molar-refractivity contribution in [2.75, 3.05) is 0 Å². The van der Waals surface area contributed by atoms with Crippen molar-refractivity contribution in [1.29, 1.82) is 0 Å². The number of Topliss-reactive ketones (excluding diaryl/α,β-unsaturated/α-hetero) is 1. The normalized spacial score (nSPS) is 12.6. The van der Waals surface area contributed by atoms with Crippen molar-refractivity contribution in [1.82, 2.24) is 0 Å². The van der Waals surface area contributed by atoms with Gasteiger partial charge in [0.05, 0.1) is 0 Å². The average molecular weight is 187 g/mol. The van der Waals surface area contributed by atoms with Crippen molar-refractivity contribution in [2.24, 2.45) is 0 Å². The molecule has 0 saturated carbocycles. The van der Waals surface area contributed by atoms with Crippen LogP contribution in [0.1, 0.15) is 15.9 Å². The third-order valence-electron chi connectivity index (χ3n) is 1.53. The van der Waals surface area contributed by atoms with Crippen LogP contribution in [-0.2, 0) is 0 Å². The van der Waals surface area contributed by atoms with Crippen LogP contribution in [0.15, 0.2) is 24.3 Å². The first-order chi connectivity index (χ1) is 5.61. The van der Waals surface area contributed by atoms with Crippen LogP contribution in [-0.4, -0.2) is 11.4 Å². The smallest absolute Gasteiger partial charge is 0.235 e. The van der Waals surface area contributed by atoms with E-state index in [1.807, 2.05) is 6.92 Å². The highest BCUT2D eigenvalue weighted by Gasteiger charge is 2.14. The zero-order chi connectivity index (χ0) is 9.14. The molecule has 1 unspecified atom stereocenters. The van der Waals surface area contributed by atoms with E-state index in [9.17, 15) is 9.18 Å². The quantitative estimate of drug-likeness (QED) is 0.513. The fourth-order valence-electron chi connectivity index (χ4n) is 0.844. The van der Waals surface area contributed by atoms with Gasteiger partial charge in [-0.25, -0.2) is 4.39 Å². The summed E-state index contributed by atoms with van der Waals surface area (Å²) >= 11 is 4.99. The molecule has 0 aliphatic rings. The zero-order valence-corrected chi connectivity index (χ0v) is 7.31. The minimum absolute atomic E-state index is 0.308. The van der Waals surface area contributed by atoms with Crippen LogP contribution in [0.4, 0.5) is 4.39 Å². The third-order valence-corrected chi connectivity index (χ3v) is 1.73. The second-order valence-corrected chi connectivity index (χ2v) is 2.91. The van der Waals surface area contributed by atoms with Crippen molar-refractivity contribution in [3.8, 4) is 0 Å². The van der Waals surface area contributed by atoms with Gasteiger partial charge in [-0.05, 0) is 6.92 Å². The molecule has 64 valence electrons. The second-order valence-electron chi connectivity index (χ2n) is 2.53. The number of halogens is 2. The van der Waals surface area contributed by atoms with Gasteiger partial charge in [-0.1, -0.05) is 41.4 Å². The summed E-state index contributed by atoms with van der Waals surface area (Å²) in [5.41, 5.74) is -0.604. The van der Waals surface area contributed by atoms with Crippen molar-refractivity contribution in [3.63, 3.8) is 0 Å². The number of carbonyl (C=O) groups excluding carboxylic acids is 1. The molecule has 0 saturated heterocycles.